The maximum atomic E-state index is 11.7. The summed E-state index contributed by atoms with van der Waals surface area (Å²) in [7, 11) is 0. The van der Waals surface area contributed by atoms with Crippen molar-refractivity contribution < 1.29 is 0 Å². The normalized spacial score (nSPS) is 10.4. The van der Waals surface area contributed by atoms with E-state index in [0.717, 1.165) is 24.5 Å². The van der Waals surface area contributed by atoms with Gasteiger partial charge in [-0.25, -0.2) is 4.79 Å². The highest BCUT2D eigenvalue weighted by molar-refractivity contribution is 5.50. The fourth-order valence-electron chi connectivity index (χ4n) is 2.03. The topological polar surface area (TPSA) is 58.1 Å². The van der Waals surface area contributed by atoms with Crippen LogP contribution in [-0.4, -0.2) is 22.6 Å². The summed E-state index contributed by atoms with van der Waals surface area (Å²) in [5.74, 6) is 0. The lowest BCUT2D eigenvalue weighted by Gasteiger charge is -2.21. The number of nitrogens with zero attached hydrogens (tertiary/aromatic N) is 2. The van der Waals surface area contributed by atoms with E-state index in [-0.39, 0.29) is 5.56 Å². The fourth-order valence-corrected chi connectivity index (χ4v) is 2.03. The highest BCUT2D eigenvalue weighted by Crippen LogP contribution is 2.16. The summed E-state index contributed by atoms with van der Waals surface area (Å²) in [6.45, 7) is 6.08. The van der Waals surface area contributed by atoms with E-state index in [9.17, 15) is 9.59 Å². The SMILES string of the molecule is CCN(CC)c1ccc(-n2ccc(=O)[nH]c2=O)cc1. The summed E-state index contributed by atoms with van der Waals surface area (Å²) >= 11 is 0. The van der Waals surface area contributed by atoms with Gasteiger partial charge in [0.2, 0.25) is 0 Å². The van der Waals surface area contributed by atoms with Crippen molar-refractivity contribution in [3.63, 3.8) is 0 Å². The van der Waals surface area contributed by atoms with Gasteiger partial charge < -0.3 is 4.90 Å². The molecule has 5 heteroatoms. The molecule has 0 amide bonds. The van der Waals surface area contributed by atoms with Crippen molar-refractivity contribution in [2.45, 2.75) is 13.8 Å². The Hall–Kier alpha value is -2.30. The molecule has 2 aromatic rings. The molecule has 0 aliphatic heterocycles. The fraction of sp³-hybridized carbons (Fsp3) is 0.286. The Balaban J connectivity index is 2.37. The Kier molecular flexibility index (Phi) is 3.85. The summed E-state index contributed by atoms with van der Waals surface area (Å²) in [5, 5.41) is 0. The molecule has 1 aromatic carbocycles. The van der Waals surface area contributed by atoms with Crippen molar-refractivity contribution in [1.82, 2.24) is 9.55 Å². The minimum Gasteiger partial charge on any atom is -0.372 e. The lowest BCUT2D eigenvalue weighted by molar-refractivity contribution is 0.862. The molecule has 0 saturated carbocycles. The lowest BCUT2D eigenvalue weighted by atomic mass is 10.2. The Bertz CT molecular complexity index is 651. The van der Waals surface area contributed by atoms with E-state index in [2.05, 4.69) is 23.7 Å². The van der Waals surface area contributed by atoms with Crippen LogP contribution in [0.4, 0.5) is 5.69 Å². The van der Waals surface area contributed by atoms with Gasteiger partial charge >= 0.3 is 5.69 Å². The van der Waals surface area contributed by atoms with Crippen molar-refractivity contribution in [3.05, 3.63) is 57.4 Å². The summed E-state index contributed by atoms with van der Waals surface area (Å²) < 4.78 is 1.41. The van der Waals surface area contributed by atoms with Gasteiger partial charge in [0.25, 0.3) is 5.56 Å². The molecule has 0 fully saturated rings. The average molecular weight is 259 g/mol. The second-order valence-electron chi connectivity index (χ2n) is 4.17. The van der Waals surface area contributed by atoms with E-state index in [1.54, 1.807) is 0 Å². The molecule has 0 bridgehead atoms. The van der Waals surface area contributed by atoms with Gasteiger partial charge in [-0.3, -0.25) is 14.3 Å². The third-order valence-corrected chi connectivity index (χ3v) is 3.08. The number of benzene rings is 1. The van der Waals surface area contributed by atoms with Crippen LogP contribution < -0.4 is 16.1 Å². The van der Waals surface area contributed by atoms with Gasteiger partial charge in [0.15, 0.2) is 0 Å². The van der Waals surface area contributed by atoms with Crippen LogP contribution in [0.15, 0.2) is 46.1 Å². The zero-order chi connectivity index (χ0) is 13.8. The number of aromatic nitrogens is 2. The van der Waals surface area contributed by atoms with Gasteiger partial charge in [-0.15, -0.1) is 0 Å². The van der Waals surface area contributed by atoms with Crippen molar-refractivity contribution in [2.24, 2.45) is 0 Å². The Morgan fingerprint density at radius 3 is 2.21 bits per heavy atom. The molecule has 0 spiro atoms. The molecule has 2 rings (SSSR count). The Morgan fingerprint density at radius 2 is 1.68 bits per heavy atom. The van der Waals surface area contributed by atoms with Crippen LogP contribution in [0.3, 0.4) is 0 Å². The first-order valence-corrected chi connectivity index (χ1v) is 6.33. The van der Waals surface area contributed by atoms with Crippen molar-refractivity contribution in [2.75, 3.05) is 18.0 Å². The number of hydrogen-bond donors (Lipinski definition) is 1. The molecule has 0 aliphatic rings. The number of nitrogens with one attached hydrogen (secondary N) is 1. The monoisotopic (exact) mass is 259 g/mol. The summed E-state index contributed by atoms with van der Waals surface area (Å²) in [6, 6.07) is 9.01. The van der Waals surface area contributed by atoms with E-state index in [4.69, 9.17) is 0 Å². The van der Waals surface area contributed by atoms with Gasteiger partial charge in [0.1, 0.15) is 0 Å². The van der Waals surface area contributed by atoms with Crippen LogP contribution in [0.25, 0.3) is 5.69 Å². The molecule has 1 N–H and O–H groups in total. The lowest BCUT2D eigenvalue weighted by Crippen LogP contribution is -2.27. The molecular weight excluding hydrogens is 242 g/mol. The highest BCUT2D eigenvalue weighted by atomic mass is 16.2. The molecule has 0 aliphatic carbocycles. The van der Waals surface area contributed by atoms with Crippen LogP contribution >= 0.6 is 0 Å². The number of aromatic amines is 1. The molecule has 19 heavy (non-hydrogen) atoms. The first-order chi connectivity index (χ1) is 9.15. The van der Waals surface area contributed by atoms with Crippen molar-refractivity contribution in [1.29, 1.82) is 0 Å². The van der Waals surface area contributed by atoms with E-state index in [0.29, 0.717) is 0 Å². The number of hydrogen-bond acceptors (Lipinski definition) is 3. The minimum absolute atomic E-state index is 0.388. The van der Waals surface area contributed by atoms with Crippen LogP contribution in [0.1, 0.15) is 13.8 Å². The van der Waals surface area contributed by atoms with Crippen LogP contribution in [0, 0.1) is 0 Å². The van der Waals surface area contributed by atoms with Crippen LogP contribution in [-0.2, 0) is 0 Å². The average Bonchev–Trinajstić information content (AvgIpc) is 2.41. The van der Waals surface area contributed by atoms with E-state index < -0.39 is 5.69 Å². The predicted molar refractivity (Wildman–Crippen MR) is 76.2 cm³/mol. The standard InChI is InChI=1S/C14H17N3O2/c1-3-16(4-2)11-5-7-12(8-6-11)17-10-9-13(18)15-14(17)19/h5-10H,3-4H2,1-2H3,(H,15,18,19). The quantitative estimate of drug-likeness (QED) is 0.902. The molecule has 0 atom stereocenters. The third kappa shape index (κ3) is 2.76. The number of anilines is 1. The van der Waals surface area contributed by atoms with E-state index >= 15 is 0 Å². The molecule has 100 valence electrons. The van der Waals surface area contributed by atoms with Gasteiger partial charge in [0, 0.05) is 31.0 Å². The highest BCUT2D eigenvalue weighted by Gasteiger charge is 2.03. The molecule has 0 radical (unpaired) electrons. The second kappa shape index (κ2) is 5.56. The smallest absolute Gasteiger partial charge is 0.332 e. The maximum Gasteiger partial charge on any atom is 0.332 e. The van der Waals surface area contributed by atoms with Crippen LogP contribution in [0.5, 0.6) is 0 Å². The van der Waals surface area contributed by atoms with Crippen molar-refractivity contribution >= 4 is 5.69 Å². The Labute approximate surface area is 111 Å². The number of H-pyrrole nitrogens is 1. The van der Waals surface area contributed by atoms with Crippen LogP contribution in [0.2, 0.25) is 0 Å². The van der Waals surface area contributed by atoms with Crippen molar-refractivity contribution in [3.8, 4) is 5.69 Å². The first-order valence-electron chi connectivity index (χ1n) is 6.33. The molecule has 0 unspecified atom stereocenters. The first kappa shape index (κ1) is 13.1. The number of rotatable bonds is 4. The van der Waals surface area contributed by atoms with Gasteiger partial charge in [-0.1, -0.05) is 0 Å². The van der Waals surface area contributed by atoms with E-state index in [1.165, 1.54) is 16.8 Å². The summed E-state index contributed by atoms with van der Waals surface area (Å²) in [6.07, 6.45) is 1.48. The zero-order valence-electron chi connectivity index (χ0n) is 11.1. The van der Waals surface area contributed by atoms with E-state index in [1.807, 2.05) is 24.3 Å². The minimum atomic E-state index is -0.428. The molecule has 5 nitrogen and oxygen atoms in total. The zero-order valence-corrected chi connectivity index (χ0v) is 11.1. The molecule has 1 heterocycles. The van der Waals surface area contributed by atoms with Gasteiger partial charge in [0.05, 0.1) is 5.69 Å². The largest absolute Gasteiger partial charge is 0.372 e. The maximum absolute atomic E-state index is 11.7. The van der Waals surface area contributed by atoms with Gasteiger partial charge in [-0.2, -0.15) is 0 Å². The second-order valence-corrected chi connectivity index (χ2v) is 4.17. The molecule has 0 saturated heterocycles. The molecular formula is C14H17N3O2. The molecule has 1 aromatic heterocycles. The van der Waals surface area contributed by atoms with Gasteiger partial charge in [-0.05, 0) is 38.1 Å². The summed E-state index contributed by atoms with van der Waals surface area (Å²) in [4.78, 5) is 27.1. The third-order valence-electron chi connectivity index (χ3n) is 3.08. The predicted octanol–water partition coefficient (Wildman–Crippen LogP) is 1.37. The Morgan fingerprint density at radius 1 is 1.05 bits per heavy atom. The summed E-state index contributed by atoms with van der Waals surface area (Å²) in [5.41, 5.74) is 1.03.